The van der Waals surface area contributed by atoms with Crippen molar-refractivity contribution in [2.24, 2.45) is 0 Å². The molecule has 0 amide bonds. The molecule has 14 aromatic rings. The molecule has 4 heterocycles. The Morgan fingerprint density at radius 2 is 0.610 bits per heavy atom. The van der Waals surface area contributed by atoms with E-state index in [0.29, 0.717) is 34.5 Å². The highest BCUT2D eigenvalue weighted by Gasteiger charge is 2.47. The van der Waals surface area contributed by atoms with E-state index in [4.69, 9.17) is 22.7 Å². The molecule has 522 valence electrons. The van der Waals surface area contributed by atoms with Gasteiger partial charge in [0.1, 0.15) is 45.1 Å². The average Bonchev–Trinajstić information content (AvgIpc) is 1.55. The summed E-state index contributed by atoms with van der Waals surface area (Å²) in [5.74, 6) is 3.74. The zero-order valence-electron chi connectivity index (χ0n) is 60.0. The number of fused-ring (bicyclic) bond motifs is 7. The number of pyridine rings is 4. The minimum absolute atomic E-state index is 0.0517. The lowest BCUT2D eigenvalue weighted by molar-refractivity contribution is 0.309. The molecule has 1 aliphatic rings. The Hall–Kier alpha value is -9.60. The van der Waals surface area contributed by atoms with Crippen molar-refractivity contribution in [2.45, 2.75) is 143 Å². The van der Waals surface area contributed by atoms with E-state index < -0.39 is 30.3 Å². The summed E-state index contributed by atoms with van der Waals surface area (Å²) in [6, 6.07) is 84.2. The molecule has 15 rings (SSSR count). The normalized spacial score (nSPS) is 12.1. The van der Waals surface area contributed by atoms with Crippen molar-refractivity contribution in [1.29, 1.82) is 0 Å². The summed E-state index contributed by atoms with van der Waals surface area (Å²) in [6.45, 7) is 9.30. The fraction of sp³-hybridized carbons (Fsp3) is 0.209. The molecule has 0 fully saturated rings. The van der Waals surface area contributed by atoms with E-state index in [1.165, 1.54) is 143 Å². The van der Waals surface area contributed by atoms with Crippen LogP contribution in [-0.4, -0.2) is 50.2 Å². The van der Waals surface area contributed by atoms with Crippen LogP contribution in [0, 0.1) is 13.8 Å². The molecule has 10 nitrogen and oxygen atoms in total. The van der Waals surface area contributed by atoms with Gasteiger partial charge in [0.2, 0.25) is 0 Å². The minimum Gasteiger partial charge on any atom is -0.577 e. The molecule has 0 radical (unpaired) electrons. The first-order valence-corrected chi connectivity index (χ1v) is 41.6. The number of nitrogens with zero attached hydrogens (tertiary/aromatic N) is 4. The molecule has 105 heavy (non-hydrogen) atoms. The van der Waals surface area contributed by atoms with Crippen LogP contribution in [0.15, 0.2) is 287 Å². The van der Waals surface area contributed by atoms with Crippen LogP contribution >= 0.6 is 23.5 Å². The molecule has 0 saturated carbocycles. The van der Waals surface area contributed by atoms with Crippen LogP contribution in [0.3, 0.4) is 0 Å². The second-order valence-electron chi connectivity index (χ2n) is 27.4. The van der Waals surface area contributed by atoms with Crippen molar-refractivity contribution in [3.63, 3.8) is 0 Å². The predicted molar refractivity (Wildman–Crippen MR) is 432 cm³/mol. The first kappa shape index (κ1) is 71.0. The van der Waals surface area contributed by atoms with Gasteiger partial charge in [0.15, 0.2) is 0 Å². The average molecular weight is 1450 g/mol. The SMILES string of the molecule is CCCCCCCCC1(CCCCCCCC)c2cc(C)c(Sc3ccc(-c4ccc([O][Al]([O]c5cccc6cccnc56)[O]c5cccc6cccnc56)cc4)cc3)cc2-c2cc(Sc3ccc(-c4ccc([O][Al]([O]c5cccc6cccnc56)[O]c5cccc6cccnc56)cc4)cc3)c(C)cc21. The van der Waals surface area contributed by atoms with Crippen molar-refractivity contribution in [1.82, 2.24) is 19.9 Å². The number of aryl methyl sites for hydroxylation is 2. The standard InChI is InChI=1S/C55H62O2S2.4C9H7NO.2Al/c1-5-7-9-11-13-15-33-55(34-16-14-12-10-8-6-2)51-35-39(3)53(58-47-29-21-43(22-30-47)41-17-25-45(56)26-18-41)37-49(51)50-38-54(40(4)36-52(50)55)59-48-31-23-44(24-32-48)42-19-27-46(57)28-20-42;4*11-8-5-1-3-7-4-2-6-10-9(7)8;;/h17-32,35-38,56-57H,5-16,33-34H2,1-4H3;4*1-6,11H;;/q;;;;;2*+3/p-6. The van der Waals surface area contributed by atoms with Crippen LogP contribution in [-0.2, 0) is 5.41 Å². The zero-order valence-corrected chi connectivity index (χ0v) is 64.0. The summed E-state index contributed by atoms with van der Waals surface area (Å²) in [7, 11) is 0. The molecule has 0 aliphatic heterocycles. The molecular formula is C91H84Al2N4O6S2. The van der Waals surface area contributed by atoms with E-state index in [9.17, 15) is 0 Å². The van der Waals surface area contributed by atoms with E-state index in [2.05, 4.69) is 145 Å². The fourth-order valence-corrected chi connectivity index (χ4v) is 19.1. The molecule has 1 aliphatic carbocycles. The van der Waals surface area contributed by atoms with Gasteiger partial charge in [-0.05, 0) is 192 Å². The van der Waals surface area contributed by atoms with Crippen molar-refractivity contribution in [2.75, 3.05) is 0 Å². The predicted octanol–water partition coefficient (Wildman–Crippen LogP) is 24.9. The number of unbranched alkanes of at least 4 members (excludes halogenated alkanes) is 10. The lowest BCUT2D eigenvalue weighted by atomic mass is 9.70. The van der Waals surface area contributed by atoms with Crippen LogP contribution in [0.2, 0.25) is 0 Å². The lowest BCUT2D eigenvalue weighted by Gasteiger charge is -2.33. The Bertz CT molecular complexity index is 4810. The van der Waals surface area contributed by atoms with Gasteiger partial charge in [-0.2, -0.15) is 0 Å². The summed E-state index contributed by atoms with van der Waals surface area (Å²) in [6.07, 6.45) is 24.8. The van der Waals surface area contributed by atoms with E-state index in [-0.39, 0.29) is 5.41 Å². The third kappa shape index (κ3) is 16.6. The van der Waals surface area contributed by atoms with Crippen LogP contribution in [0.1, 0.15) is 126 Å². The van der Waals surface area contributed by atoms with Crippen LogP contribution in [0.25, 0.3) is 77.0 Å². The minimum atomic E-state index is -2.97. The highest BCUT2D eigenvalue weighted by Crippen LogP contribution is 2.57. The highest BCUT2D eigenvalue weighted by atomic mass is 32.2. The van der Waals surface area contributed by atoms with Gasteiger partial charge in [0, 0.05) is 71.3 Å². The quantitative estimate of drug-likeness (QED) is 0.0296. The fourth-order valence-electron chi connectivity index (χ4n) is 14.7. The van der Waals surface area contributed by atoms with Gasteiger partial charge >= 0.3 is 30.3 Å². The highest BCUT2D eigenvalue weighted by molar-refractivity contribution is 7.99. The van der Waals surface area contributed by atoms with E-state index in [1.54, 1.807) is 24.8 Å². The monoisotopic (exact) mass is 1450 g/mol. The number of aromatic nitrogens is 4. The summed E-state index contributed by atoms with van der Waals surface area (Å²) in [4.78, 5) is 23.6. The maximum absolute atomic E-state index is 6.68. The van der Waals surface area contributed by atoms with Gasteiger partial charge in [0.05, 0.1) is 11.5 Å². The van der Waals surface area contributed by atoms with E-state index >= 15 is 0 Å². The van der Waals surface area contributed by atoms with Crippen molar-refractivity contribution in [3.8, 4) is 67.9 Å². The van der Waals surface area contributed by atoms with Crippen molar-refractivity contribution in [3.05, 3.63) is 290 Å². The van der Waals surface area contributed by atoms with Crippen molar-refractivity contribution < 1.29 is 22.7 Å². The molecule has 0 spiro atoms. The molecule has 0 bridgehead atoms. The Labute approximate surface area is 635 Å². The van der Waals surface area contributed by atoms with Crippen LogP contribution < -0.4 is 22.7 Å². The van der Waals surface area contributed by atoms with E-state index in [1.807, 2.05) is 169 Å². The number of rotatable bonds is 32. The summed E-state index contributed by atoms with van der Waals surface area (Å²) >= 11 is -2.20. The molecule has 0 N–H and O–H groups in total. The second kappa shape index (κ2) is 33.7. The third-order valence-corrected chi connectivity index (χ3v) is 25.2. The Kier molecular flexibility index (Phi) is 22.8. The molecule has 4 aromatic heterocycles. The maximum atomic E-state index is 6.68. The largest absolute Gasteiger partial charge is 1.20 e. The van der Waals surface area contributed by atoms with Gasteiger partial charge in [-0.25, -0.2) is 0 Å². The van der Waals surface area contributed by atoms with Gasteiger partial charge < -0.3 is 22.7 Å². The van der Waals surface area contributed by atoms with Gasteiger partial charge in [-0.1, -0.05) is 248 Å². The molecule has 10 aromatic carbocycles. The van der Waals surface area contributed by atoms with Crippen LogP contribution in [0.4, 0.5) is 0 Å². The second-order valence-corrected chi connectivity index (χ2v) is 32.2. The number of hydrogen-bond donors (Lipinski definition) is 0. The smallest absolute Gasteiger partial charge is 0.577 e. The summed E-state index contributed by atoms with van der Waals surface area (Å²) < 4.78 is 40.0. The molecule has 0 unspecified atom stereocenters. The number of hydrogen-bond acceptors (Lipinski definition) is 12. The van der Waals surface area contributed by atoms with Gasteiger partial charge in [0.25, 0.3) is 0 Å². The third-order valence-electron chi connectivity index (χ3n) is 20.1. The first-order valence-electron chi connectivity index (χ1n) is 37.1. The zero-order chi connectivity index (χ0) is 71.3. The molecule has 0 atom stereocenters. The summed E-state index contributed by atoms with van der Waals surface area (Å²) in [5, 5.41) is 3.90. The number of para-hydroxylation sites is 4. The number of benzene rings is 10. The topological polar surface area (TPSA) is 107 Å². The Morgan fingerprint density at radius 3 is 0.933 bits per heavy atom. The van der Waals surface area contributed by atoms with Gasteiger partial charge in [-0.3, -0.25) is 19.9 Å². The van der Waals surface area contributed by atoms with Gasteiger partial charge in [-0.15, -0.1) is 0 Å². The van der Waals surface area contributed by atoms with E-state index in [0.717, 1.165) is 65.9 Å². The molecule has 0 saturated heterocycles. The molecular weight excluding hydrogens is 1360 g/mol. The molecule has 14 heteroatoms. The van der Waals surface area contributed by atoms with Crippen LogP contribution in [0.5, 0.6) is 34.5 Å². The van der Waals surface area contributed by atoms with Crippen molar-refractivity contribution >= 4 is 97.4 Å². The first-order chi connectivity index (χ1) is 51.7. The lowest BCUT2D eigenvalue weighted by Crippen LogP contribution is -2.37. The Balaban J connectivity index is 0.676. The summed E-state index contributed by atoms with van der Waals surface area (Å²) in [5.41, 5.74) is 15.9. The Morgan fingerprint density at radius 1 is 0.314 bits per heavy atom. The maximum Gasteiger partial charge on any atom is 1.20 e.